The van der Waals surface area contributed by atoms with E-state index in [9.17, 15) is 4.79 Å². The molecule has 0 spiro atoms. The number of hydrogen-bond donors (Lipinski definition) is 1. The number of ketones is 1. The van der Waals surface area contributed by atoms with Gasteiger partial charge < -0.3 is 10.0 Å². The third kappa shape index (κ3) is 3.39. The molecule has 0 heterocycles. The lowest BCUT2D eigenvalue weighted by molar-refractivity contribution is -0.120. The van der Waals surface area contributed by atoms with Crippen molar-refractivity contribution in [1.29, 1.82) is 0 Å². The summed E-state index contributed by atoms with van der Waals surface area (Å²) in [6.45, 7) is 4.95. The molecule has 82 valence electrons. The van der Waals surface area contributed by atoms with E-state index in [1.54, 1.807) is 0 Å². The molecule has 1 fully saturated rings. The highest BCUT2D eigenvalue weighted by Gasteiger charge is 2.24. The number of carbonyl (C=O) groups excluding carboxylic acids is 1. The first-order valence-electron chi connectivity index (χ1n) is 5.63. The molecule has 1 saturated carbocycles. The third-order valence-electron chi connectivity index (χ3n) is 3.09. The van der Waals surface area contributed by atoms with Gasteiger partial charge in [-0.25, -0.2) is 0 Å². The molecule has 0 amide bonds. The molecule has 1 atom stereocenters. The smallest absolute Gasteiger partial charge is 0.136 e. The van der Waals surface area contributed by atoms with Gasteiger partial charge in [0.1, 0.15) is 5.78 Å². The number of rotatable bonds is 6. The number of hydrogen-bond acceptors (Lipinski definition) is 3. The van der Waals surface area contributed by atoms with E-state index in [2.05, 4.69) is 11.8 Å². The van der Waals surface area contributed by atoms with E-state index in [1.165, 1.54) is 0 Å². The maximum atomic E-state index is 11.4. The summed E-state index contributed by atoms with van der Waals surface area (Å²) in [4.78, 5) is 13.6. The highest BCUT2D eigenvalue weighted by Crippen LogP contribution is 2.24. The van der Waals surface area contributed by atoms with Gasteiger partial charge in [0.2, 0.25) is 0 Å². The van der Waals surface area contributed by atoms with Crippen molar-refractivity contribution in [3.8, 4) is 0 Å². The Balaban J connectivity index is 2.20. The molecule has 1 aliphatic rings. The van der Waals surface area contributed by atoms with Crippen LogP contribution >= 0.6 is 0 Å². The summed E-state index contributed by atoms with van der Waals surface area (Å²) in [5.41, 5.74) is 0. The van der Waals surface area contributed by atoms with Gasteiger partial charge in [0.25, 0.3) is 0 Å². The van der Waals surface area contributed by atoms with Gasteiger partial charge in [-0.15, -0.1) is 0 Å². The summed E-state index contributed by atoms with van der Waals surface area (Å²) in [7, 11) is 0. The fourth-order valence-corrected chi connectivity index (χ4v) is 2.10. The third-order valence-corrected chi connectivity index (χ3v) is 3.09. The van der Waals surface area contributed by atoms with Crippen molar-refractivity contribution in [2.24, 2.45) is 5.92 Å². The minimum atomic E-state index is 0.215. The molecular weight excluding hydrogens is 178 g/mol. The van der Waals surface area contributed by atoms with Gasteiger partial charge in [-0.3, -0.25) is 4.79 Å². The Bertz CT molecular complexity index is 182. The van der Waals surface area contributed by atoms with E-state index in [0.29, 0.717) is 11.7 Å². The Kier molecular flexibility index (Phi) is 5.12. The summed E-state index contributed by atoms with van der Waals surface area (Å²) in [5.74, 6) is 0.757. The van der Waals surface area contributed by atoms with E-state index in [1.807, 2.05) is 0 Å². The van der Waals surface area contributed by atoms with Gasteiger partial charge in [0.05, 0.1) is 6.61 Å². The minimum absolute atomic E-state index is 0.215. The average molecular weight is 199 g/mol. The summed E-state index contributed by atoms with van der Waals surface area (Å²) in [6, 6.07) is 0. The second kappa shape index (κ2) is 6.14. The average Bonchev–Trinajstić information content (AvgIpc) is 2.59. The Morgan fingerprint density at radius 2 is 2.29 bits per heavy atom. The van der Waals surface area contributed by atoms with Crippen molar-refractivity contribution in [1.82, 2.24) is 4.90 Å². The minimum Gasteiger partial charge on any atom is -0.395 e. The van der Waals surface area contributed by atoms with Crippen molar-refractivity contribution in [3.05, 3.63) is 0 Å². The SMILES string of the molecule is CCN(CCO)CCC1CCCC1=O. The summed E-state index contributed by atoms with van der Waals surface area (Å²) >= 11 is 0. The number of carbonyl (C=O) groups is 1. The lowest BCUT2D eigenvalue weighted by Crippen LogP contribution is -2.29. The largest absolute Gasteiger partial charge is 0.395 e. The van der Waals surface area contributed by atoms with Crippen LogP contribution in [0.1, 0.15) is 32.6 Å². The second-order valence-electron chi connectivity index (χ2n) is 4.00. The molecule has 14 heavy (non-hydrogen) atoms. The molecule has 0 bridgehead atoms. The van der Waals surface area contributed by atoms with Gasteiger partial charge in [-0.05, 0) is 32.4 Å². The van der Waals surface area contributed by atoms with Crippen LogP contribution < -0.4 is 0 Å². The van der Waals surface area contributed by atoms with Crippen LogP contribution in [0.3, 0.4) is 0 Å². The van der Waals surface area contributed by atoms with Crippen LogP contribution in [0.15, 0.2) is 0 Å². The molecule has 1 unspecified atom stereocenters. The number of likely N-dealkylation sites (N-methyl/N-ethyl adjacent to an activating group) is 1. The maximum Gasteiger partial charge on any atom is 0.136 e. The lowest BCUT2D eigenvalue weighted by Gasteiger charge is -2.20. The quantitative estimate of drug-likeness (QED) is 0.695. The zero-order valence-corrected chi connectivity index (χ0v) is 9.04. The predicted octanol–water partition coefficient (Wildman–Crippen LogP) is 1.06. The van der Waals surface area contributed by atoms with E-state index in [4.69, 9.17) is 5.11 Å². The molecule has 0 aromatic rings. The fraction of sp³-hybridized carbons (Fsp3) is 0.909. The van der Waals surface area contributed by atoms with Gasteiger partial charge in [0, 0.05) is 18.9 Å². The van der Waals surface area contributed by atoms with Gasteiger partial charge in [-0.2, -0.15) is 0 Å². The molecule has 1 aliphatic carbocycles. The molecule has 0 saturated heterocycles. The topological polar surface area (TPSA) is 40.5 Å². The summed E-state index contributed by atoms with van der Waals surface area (Å²) < 4.78 is 0. The van der Waals surface area contributed by atoms with Crippen LogP contribution in [0.2, 0.25) is 0 Å². The monoisotopic (exact) mass is 199 g/mol. The molecule has 3 heteroatoms. The molecule has 0 aromatic carbocycles. The van der Waals surface area contributed by atoms with Crippen molar-refractivity contribution >= 4 is 5.78 Å². The Morgan fingerprint density at radius 1 is 1.50 bits per heavy atom. The molecule has 0 radical (unpaired) electrons. The molecule has 0 aliphatic heterocycles. The zero-order valence-electron chi connectivity index (χ0n) is 9.04. The predicted molar refractivity (Wildman–Crippen MR) is 56.2 cm³/mol. The van der Waals surface area contributed by atoms with Crippen molar-refractivity contribution < 1.29 is 9.90 Å². The van der Waals surface area contributed by atoms with Crippen LogP contribution in [0.25, 0.3) is 0 Å². The number of Topliss-reactive ketones (excluding diaryl/α,β-unsaturated/α-hetero) is 1. The Labute approximate surface area is 86.1 Å². The number of nitrogens with zero attached hydrogens (tertiary/aromatic N) is 1. The first kappa shape index (κ1) is 11.7. The van der Waals surface area contributed by atoms with E-state index < -0.39 is 0 Å². The molecule has 1 N–H and O–H groups in total. The van der Waals surface area contributed by atoms with Gasteiger partial charge >= 0.3 is 0 Å². The zero-order chi connectivity index (χ0) is 10.4. The summed E-state index contributed by atoms with van der Waals surface area (Å²) in [5, 5.41) is 8.80. The highest BCUT2D eigenvalue weighted by atomic mass is 16.3. The summed E-state index contributed by atoms with van der Waals surface area (Å²) in [6.07, 6.45) is 3.93. The first-order valence-corrected chi connectivity index (χ1v) is 5.63. The fourth-order valence-electron chi connectivity index (χ4n) is 2.10. The van der Waals surface area contributed by atoms with E-state index >= 15 is 0 Å². The number of aliphatic hydroxyl groups excluding tert-OH is 1. The first-order chi connectivity index (χ1) is 6.77. The van der Waals surface area contributed by atoms with Crippen LogP contribution in [0.4, 0.5) is 0 Å². The molecule has 0 aromatic heterocycles. The van der Waals surface area contributed by atoms with Gasteiger partial charge in [-0.1, -0.05) is 6.92 Å². The Hall–Kier alpha value is -0.410. The van der Waals surface area contributed by atoms with Crippen LogP contribution in [-0.4, -0.2) is 42.0 Å². The van der Waals surface area contributed by atoms with Crippen LogP contribution in [-0.2, 0) is 4.79 Å². The van der Waals surface area contributed by atoms with Crippen LogP contribution in [0, 0.1) is 5.92 Å². The maximum absolute atomic E-state index is 11.4. The van der Waals surface area contributed by atoms with Crippen molar-refractivity contribution in [2.75, 3.05) is 26.2 Å². The van der Waals surface area contributed by atoms with Gasteiger partial charge in [0.15, 0.2) is 0 Å². The normalized spacial score (nSPS) is 22.2. The second-order valence-corrected chi connectivity index (χ2v) is 4.00. The standard InChI is InChI=1S/C11H21NO2/c1-2-12(8-9-13)7-6-10-4-3-5-11(10)14/h10,13H,2-9H2,1H3. The van der Waals surface area contributed by atoms with Crippen molar-refractivity contribution in [3.63, 3.8) is 0 Å². The molecular formula is C11H21NO2. The molecule has 1 rings (SSSR count). The van der Waals surface area contributed by atoms with E-state index in [0.717, 1.165) is 45.3 Å². The van der Waals surface area contributed by atoms with Crippen LogP contribution in [0.5, 0.6) is 0 Å². The molecule has 3 nitrogen and oxygen atoms in total. The Morgan fingerprint density at radius 3 is 2.79 bits per heavy atom. The number of aliphatic hydroxyl groups is 1. The highest BCUT2D eigenvalue weighted by molar-refractivity contribution is 5.82. The van der Waals surface area contributed by atoms with Crippen molar-refractivity contribution in [2.45, 2.75) is 32.6 Å². The van der Waals surface area contributed by atoms with E-state index in [-0.39, 0.29) is 6.61 Å². The lowest BCUT2D eigenvalue weighted by atomic mass is 10.0.